The van der Waals surface area contributed by atoms with Gasteiger partial charge in [0, 0.05) is 5.92 Å². The highest BCUT2D eigenvalue weighted by atomic mass is 16.3. The van der Waals surface area contributed by atoms with Gasteiger partial charge in [0.2, 0.25) is 0 Å². The normalized spacial score (nSPS) is 22.3. The minimum absolute atomic E-state index is 0.295. The summed E-state index contributed by atoms with van der Waals surface area (Å²) in [6.45, 7) is 0. The smallest absolute Gasteiger partial charge is 0.0689 e. The number of aliphatic hydroxyl groups is 1. The molecule has 114 valence electrons. The van der Waals surface area contributed by atoms with Crippen LogP contribution in [0.25, 0.3) is 0 Å². The van der Waals surface area contributed by atoms with Gasteiger partial charge in [0.15, 0.2) is 0 Å². The van der Waals surface area contributed by atoms with E-state index in [9.17, 15) is 5.11 Å². The van der Waals surface area contributed by atoms with E-state index in [2.05, 4.69) is 72.8 Å². The number of rotatable bonds is 3. The van der Waals surface area contributed by atoms with Crippen molar-refractivity contribution in [3.63, 3.8) is 0 Å². The standard InChI is InChI=1S/C22H20O/c23-21-16-20(17-10-4-1-5-11-17)22(21,18-12-6-2-7-13-18)19-14-8-3-9-15-19/h1-15,20-21,23H,16H2. The average Bonchev–Trinajstić information content (AvgIpc) is 2.62. The van der Waals surface area contributed by atoms with Crippen LogP contribution in [0.3, 0.4) is 0 Å². The Hall–Kier alpha value is -2.38. The molecule has 1 aliphatic carbocycles. The third-order valence-corrected chi connectivity index (χ3v) is 5.24. The molecular weight excluding hydrogens is 280 g/mol. The van der Waals surface area contributed by atoms with Crippen molar-refractivity contribution in [1.82, 2.24) is 0 Å². The Labute approximate surface area is 137 Å². The van der Waals surface area contributed by atoms with Gasteiger partial charge in [-0.05, 0) is 23.1 Å². The summed E-state index contributed by atoms with van der Waals surface area (Å²) >= 11 is 0. The van der Waals surface area contributed by atoms with Crippen molar-refractivity contribution in [2.75, 3.05) is 0 Å². The van der Waals surface area contributed by atoms with Gasteiger partial charge in [-0.2, -0.15) is 0 Å². The first-order valence-corrected chi connectivity index (χ1v) is 8.17. The third kappa shape index (κ3) is 2.12. The molecule has 1 nitrogen and oxygen atoms in total. The van der Waals surface area contributed by atoms with E-state index in [-0.39, 0.29) is 11.5 Å². The molecule has 2 unspecified atom stereocenters. The van der Waals surface area contributed by atoms with E-state index in [4.69, 9.17) is 0 Å². The van der Waals surface area contributed by atoms with Crippen LogP contribution in [0.5, 0.6) is 0 Å². The monoisotopic (exact) mass is 300 g/mol. The molecule has 2 atom stereocenters. The predicted octanol–water partition coefficient (Wildman–Crippen LogP) is 4.52. The maximum atomic E-state index is 10.9. The Morgan fingerprint density at radius 1 is 0.652 bits per heavy atom. The zero-order chi connectivity index (χ0) is 15.7. The van der Waals surface area contributed by atoms with Gasteiger partial charge in [0.05, 0.1) is 11.5 Å². The highest BCUT2D eigenvalue weighted by Gasteiger charge is 2.56. The second kappa shape index (κ2) is 5.68. The number of hydrogen-bond acceptors (Lipinski definition) is 1. The second-order valence-corrected chi connectivity index (χ2v) is 6.32. The first-order valence-electron chi connectivity index (χ1n) is 8.17. The van der Waals surface area contributed by atoms with Gasteiger partial charge in [-0.1, -0.05) is 91.0 Å². The van der Waals surface area contributed by atoms with Crippen LogP contribution in [-0.2, 0) is 5.41 Å². The van der Waals surface area contributed by atoms with Crippen LogP contribution in [0.2, 0.25) is 0 Å². The maximum absolute atomic E-state index is 10.9. The van der Waals surface area contributed by atoms with Crippen LogP contribution in [0.15, 0.2) is 91.0 Å². The maximum Gasteiger partial charge on any atom is 0.0689 e. The summed E-state index contributed by atoms with van der Waals surface area (Å²) in [7, 11) is 0. The van der Waals surface area contributed by atoms with Crippen LogP contribution in [0.1, 0.15) is 29.0 Å². The fourth-order valence-electron chi connectivity index (χ4n) is 4.13. The van der Waals surface area contributed by atoms with Crippen molar-refractivity contribution in [3.8, 4) is 0 Å². The largest absolute Gasteiger partial charge is 0.392 e. The molecule has 0 heterocycles. The lowest BCUT2D eigenvalue weighted by Gasteiger charge is -2.55. The minimum Gasteiger partial charge on any atom is -0.392 e. The lowest BCUT2D eigenvalue weighted by atomic mass is 9.50. The lowest BCUT2D eigenvalue weighted by molar-refractivity contribution is -0.00588. The zero-order valence-electron chi connectivity index (χ0n) is 13.0. The molecule has 0 bridgehead atoms. The van der Waals surface area contributed by atoms with Gasteiger partial charge in [-0.15, -0.1) is 0 Å². The van der Waals surface area contributed by atoms with E-state index in [0.29, 0.717) is 5.92 Å². The van der Waals surface area contributed by atoms with Gasteiger partial charge in [-0.3, -0.25) is 0 Å². The van der Waals surface area contributed by atoms with E-state index >= 15 is 0 Å². The number of aliphatic hydroxyl groups excluding tert-OH is 1. The topological polar surface area (TPSA) is 20.2 Å². The molecule has 23 heavy (non-hydrogen) atoms. The Morgan fingerprint density at radius 2 is 1.09 bits per heavy atom. The summed E-state index contributed by atoms with van der Waals surface area (Å²) in [5, 5.41) is 10.9. The summed E-state index contributed by atoms with van der Waals surface area (Å²) in [6, 6.07) is 31.5. The molecule has 0 radical (unpaired) electrons. The molecule has 4 rings (SSSR count). The number of hydrogen-bond donors (Lipinski definition) is 1. The van der Waals surface area contributed by atoms with Crippen LogP contribution in [0, 0.1) is 0 Å². The molecule has 1 saturated carbocycles. The molecule has 0 saturated heterocycles. The van der Waals surface area contributed by atoms with Crippen LogP contribution >= 0.6 is 0 Å². The second-order valence-electron chi connectivity index (χ2n) is 6.32. The molecule has 0 aromatic heterocycles. The Bertz CT molecular complexity index is 725. The number of benzene rings is 3. The Balaban J connectivity index is 1.92. The van der Waals surface area contributed by atoms with Crippen molar-refractivity contribution < 1.29 is 5.11 Å². The summed E-state index contributed by atoms with van der Waals surface area (Å²) in [6.07, 6.45) is 0.436. The SMILES string of the molecule is OC1CC(c2ccccc2)C1(c1ccccc1)c1ccccc1. The molecule has 1 aliphatic rings. The zero-order valence-corrected chi connectivity index (χ0v) is 13.0. The molecule has 0 spiro atoms. The van der Waals surface area contributed by atoms with Crippen LogP contribution in [-0.4, -0.2) is 11.2 Å². The quantitative estimate of drug-likeness (QED) is 0.754. The first-order chi connectivity index (χ1) is 11.3. The van der Waals surface area contributed by atoms with Crippen molar-refractivity contribution in [3.05, 3.63) is 108 Å². The molecule has 1 heteroatoms. The summed E-state index contributed by atoms with van der Waals surface area (Å²) in [5.41, 5.74) is 3.33. The molecule has 1 fully saturated rings. The van der Waals surface area contributed by atoms with E-state index in [1.54, 1.807) is 0 Å². The molecule has 1 N–H and O–H groups in total. The molecular formula is C22H20O. The van der Waals surface area contributed by atoms with Gasteiger partial charge >= 0.3 is 0 Å². The van der Waals surface area contributed by atoms with E-state index in [0.717, 1.165) is 6.42 Å². The Kier molecular flexibility index (Phi) is 3.51. The van der Waals surface area contributed by atoms with E-state index in [1.165, 1.54) is 16.7 Å². The summed E-state index contributed by atoms with van der Waals surface area (Å²) in [4.78, 5) is 0. The fraction of sp³-hybridized carbons (Fsp3) is 0.182. The molecule has 3 aromatic rings. The third-order valence-electron chi connectivity index (χ3n) is 5.24. The highest BCUT2D eigenvalue weighted by Crippen LogP contribution is 2.58. The first kappa shape index (κ1) is 14.2. The van der Waals surface area contributed by atoms with Crippen molar-refractivity contribution in [2.24, 2.45) is 0 Å². The summed E-state index contributed by atoms with van der Waals surface area (Å²) in [5.74, 6) is 0.295. The minimum atomic E-state index is -0.363. The molecule has 0 amide bonds. The van der Waals surface area contributed by atoms with E-state index in [1.807, 2.05) is 18.2 Å². The van der Waals surface area contributed by atoms with Gasteiger partial charge < -0.3 is 5.11 Å². The van der Waals surface area contributed by atoms with Gasteiger partial charge in [0.1, 0.15) is 0 Å². The molecule has 3 aromatic carbocycles. The molecule has 0 aliphatic heterocycles. The van der Waals surface area contributed by atoms with Gasteiger partial charge in [-0.25, -0.2) is 0 Å². The van der Waals surface area contributed by atoms with Crippen molar-refractivity contribution in [1.29, 1.82) is 0 Å². The predicted molar refractivity (Wildman–Crippen MR) is 93.5 cm³/mol. The van der Waals surface area contributed by atoms with Crippen molar-refractivity contribution in [2.45, 2.75) is 23.9 Å². The Morgan fingerprint density at radius 3 is 1.52 bits per heavy atom. The fourth-order valence-corrected chi connectivity index (χ4v) is 4.13. The van der Waals surface area contributed by atoms with E-state index < -0.39 is 0 Å². The highest BCUT2D eigenvalue weighted by molar-refractivity contribution is 5.50. The summed E-state index contributed by atoms with van der Waals surface area (Å²) < 4.78 is 0. The van der Waals surface area contributed by atoms with Crippen LogP contribution in [0.4, 0.5) is 0 Å². The average molecular weight is 300 g/mol. The van der Waals surface area contributed by atoms with Gasteiger partial charge in [0.25, 0.3) is 0 Å². The lowest BCUT2D eigenvalue weighted by Crippen LogP contribution is -2.56. The van der Waals surface area contributed by atoms with Crippen molar-refractivity contribution >= 4 is 0 Å². The van der Waals surface area contributed by atoms with Crippen LogP contribution < -0.4 is 0 Å².